The average Bonchev–Trinajstić information content (AvgIpc) is 2.98. The van der Waals surface area contributed by atoms with Gasteiger partial charge in [-0.1, -0.05) is 36.4 Å². The second-order valence-corrected chi connectivity index (χ2v) is 6.47. The predicted octanol–water partition coefficient (Wildman–Crippen LogP) is 4.30. The van der Waals surface area contributed by atoms with Gasteiger partial charge in [0.15, 0.2) is 5.13 Å². The predicted molar refractivity (Wildman–Crippen MR) is 89.3 cm³/mol. The maximum absolute atomic E-state index is 13.7. The summed E-state index contributed by atoms with van der Waals surface area (Å²) >= 11 is 1.46. The number of anilines is 1. The van der Waals surface area contributed by atoms with Crippen LogP contribution >= 0.6 is 11.3 Å². The number of nitrogens with one attached hydrogen (secondary N) is 1. The molecule has 0 fully saturated rings. The van der Waals surface area contributed by atoms with Crippen molar-refractivity contribution >= 4 is 22.4 Å². The number of carbonyl (C=O) groups is 1. The minimum atomic E-state index is -0.531. The van der Waals surface area contributed by atoms with Crippen LogP contribution < -0.4 is 5.32 Å². The Morgan fingerprint density at radius 2 is 1.87 bits per heavy atom. The summed E-state index contributed by atoms with van der Waals surface area (Å²) < 4.78 is 13.7. The third-order valence-corrected chi connectivity index (χ3v) is 4.96. The molecule has 3 nitrogen and oxygen atoms in total. The number of benzene rings is 2. The summed E-state index contributed by atoms with van der Waals surface area (Å²) in [6, 6.07) is 14.1. The molecule has 0 radical (unpaired) electrons. The third-order valence-electron chi connectivity index (χ3n) is 3.93. The number of thiazole rings is 1. The number of aromatic nitrogens is 1. The van der Waals surface area contributed by atoms with Crippen LogP contribution in [0.25, 0.3) is 11.3 Å². The van der Waals surface area contributed by atoms with E-state index in [4.69, 9.17) is 0 Å². The number of aryl methyl sites for hydroxylation is 2. The topological polar surface area (TPSA) is 42.0 Å². The van der Waals surface area contributed by atoms with Gasteiger partial charge < -0.3 is 0 Å². The van der Waals surface area contributed by atoms with Gasteiger partial charge in [-0.3, -0.25) is 10.1 Å². The van der Waals surface area contributed by atoms with E-state index in [1.165, 1.54) is 29.0 Å². The highest BCUT2D eigenvalue weighted by Gasteiger charge is 2.21. The van der Waals surface area contributed by atoms with E-state index in [1.807, 2.05) is 12.1 Å². The standard InChI is InChI=1S/C18H13FN2OS/c19-14-8-4-3-7-13(14)17(22)21-18-20-16-12-6-2-1-5-11(12)9-10-15(16)23-18/h1-8H,9-10H2,(H,20,21,22). The Bertz CT molecular complexity index is 904. The Labute approximate surface area is 136 Å². The summed E-state index contributed by atoms with van der Waals surface area (Å²) in [6.07, 6.45) is 1.89. The van der Waals surface area contributed by atoms with E-state index >= 15 is 0 Å². The number of halogens is 1. The highest BCUT2D eigenvalue weighted by molar-refractivity contribution is 7.16. The van der Waals surface area contributed by atoms with Gasteiger partial charge in [-0.15, -0.1) is 11.3 Å². The van der Waals surface area contributed by atoms with Crippen molar-refractivity contribution in [1.82, 2.24) is 4.98 Å². The lowest BCUT2D eigenvalue weighted by molar-refractivity contribution is 0.102. The Morgan fingerprint density at radius 3 is 2.74 bits per heavy atom. The summed E-state index contributed by atoms with van der Waals surface area (Å²) in [5, 5.41) is 3.23. The van der Waals surface area contributed by atoms with Crippen LogP contribution in [0.5, 0.6) is 0 Å². The van der Waals surface area contributed by atoms with Gasteiger partial charge in [-0.05, 0) is 30.5 Å². The fraction of sp³-hybridized carbons (Fsp3) is 0.111. The molecule has 0 saturated carbocycles. The molecule has 4 rings (SSSR count). The lowest BCUT2D eigenvalue weighted by atomic mass is 9.94. The molecule has 0 aliphatic heterocycles. The molecule has 3 aromatic rings. The van der Waals surface area contributed by atoms with Gasteiger partial charge in [-0.25, -0.2) is 9.37 Å². The number of hydrogen-bond acceptors (Lipinski definition) is 3. The number of rotatable bonds is 2. The van der Waals surface area contributed by atoms with Crippen LogP contribution in [0.1, 0.15) is 20.8 Å². The van der Waals surface area contributed by atoms with Gasteiger partial charge in [0, 0.05) is 10.4 Å². The lowest BCUT2D eigenvalue weighted by Crippen LogP contribution is -2.13. The summed E-state index contributed by atoms with van der Waals surface area (Å²) in [4.78, 5) is 17.9. The van der Waals surface area contributed by atoms with Crippen molar-refractivity contribution < 1.29 is 9.18 Å². The second-order valence-electron chi connectivity index (χ2n) is 5.38. The zero-order chi connectivity index (χ0) is 15.8. The number of hydrogen-bond donors (Lipinski definition) is 1. The maximum atomic E-state index is 13.7. The Hall–Kier alpha value is -2.53. The molecular weight excluding hydrogens is 311 g/mol. The first kappa shape index (κ1) is 14.1. The zero-order valence-electron chi connectivity index (χ0n) is 12.2. The fourth-order valence-corrected chi connectivity index (χ4v) is 3.78. The molecule has 1 amide bonds. The normalized spacial score (nSPS) is 12.4. The van der Waals surface area contributed by atoms with Crippen molar-refractivity contribution in [3.05, 3.63) is 70.4 Å². The largest absolute Gasteiger partial charge is 0.298 e. The zero-order valence-corrected chi connectivity index (χ0v) is 13.0. The molecule has 5 heteroatoms. The molecule has 1 heterocycles. The maximum Gasteiger partial charge on any atom is 0.260 e. The quantitative estimate of drug-likeness (QED) is 0.763. The summed E-state index contributed by atoms with van der Waals surface area (Å²) in [7, 11) is 0. The van der Waals surface area contributed by atoms with Gasteiger partial charge >= 0.3 is 0 Å². The first-order valence-corrected chi connectivity index (χ1v) is 8.18. The van der Waals surface area contributed by atoms with Crippen molar-refractivity contribution in [3.63, 3.8) is 0 Å². The monoisotopic (exact) mass is 324 g/mol. The second kappa shape index (κ2) is 5.59. The summed E-state index contributed by atoms with van der Waals surface area (Å²) in [6.45, 7) is 0. The minimum Gasteiger partial charge on any atom is -0.298 e. The number of amides is 1. The van der Waals surface area contributed by atoms with Crippen LogP contribution in [0.2, 0.25) is 0 Å². The minimum absolute atomic E-state index is 0.0288. The molecule has 1 N–H and O–H groups in total. The first-order chi connectivity index (χ1) is 11.2. The molecule has 0 unspecified atom stereocenters. The van der Waals surface area contributed by atoms with Crippen molar-refractivity contribution in [2.75, 3.05) is 5.32 Å². The highest BCUT2D eigenvalue weighted by Crippen LogP contribution is 2.38. The van der Waals surface area contributed by atoms with E-state index in [1.54, 1.807) is 12.1 Å². The average molecular weight is 324 g/mol. The molecule has 23 heavy (non-hydrogen) atoms. The fourth-order valence-electron chi connectivity index (χ4n) is 2.81. The molecule has 114 valence electrons. The van der Waals surface area contributed by atoms with E-state index in [2.05, 4.69) is 22.4 Å². The van der Waals surface area contributed by atoms with Crippen LogP contribution in [-0.2, 0) is 12.8 Å². The van der Waals surface area contributed by atoms with E-state index in [0.29, 0.717) is 5.13 Å². The van der Waals surface area contributed by atoms with Gasteiger partial charge in [0.2, 0.25) is 0 Å². The summed E-state index contributed by atoms with van der Waals surface area (Å²) in [5.41, 5.74) is 3.36. The smallest absolute Gasteiger partial charge is 0.260 e. The van der Waals surface area contributed by atoms with Crippen molar-refractivity contribution in [2.45, 2.75) is 12.8 Å². The van der Waals surface area contributed by atoms with Gasteiger partial charge in [-0.2, -0.15) is 0 Å². The molecule has 1 aromatic heterocycles. The number of carbonyl (C=O) groups excluding carboxylic acids is 1. The number of nitrogens with zero attached hydrogens (tertiary/aromatic N) is 1. The Kier molecular flexibility index (Phi) is 3.42. The van der Waals surface area contributed by atoms with Crippen LogP contribution in [0.3, 0.4) is 0 Å². The molecule has 1 aliphatic carbocycles. The first-order valence-electron chi connectivity index (χ1n) is 7.36. The van der Waals surface area contributed by atoms with Crippen LogP contribution in [-0.4, -0.2) is 10.9 Å². The Balaban J connectivity index is 1.65. The van der Waals surface area contributed by atoms with Crippen LogP contribution in [0, 0.1) is 5.82 Å². The van der Waals surface area contributed by atoms with E-state index < -0.39 is 11.7 Å². The number of fused-ring (bicyclic) bond motifs is 3. The molecule has 0 atom stereocenters. The van der Waals surface area contributed by atoms with Crippen molar-refractivity contribution in [3.8, 4) is 11.3 Å². The van der Waals surface area contributed by atoms with E-state index in [0.717, 1.165) is 29.0 Å². The van der Waals surface area contributed by atoms with Crippen LogP contribution in [0.15, 0.2) is 48.5 Å². The van der Waals surface area contributed by atoms with Gasteiger partial charge in [0.05, 0.1) is 11.3 Å². The van der Waals surface area contributed by atoms with E-state index in [-0.39, 0.29) is 5.56 Å². The SMILES string of the molecule is O=C(Nc1nc2c(s1)CCc1ccccc1-2)c1ccccc1F. The third kappa shape index (κ3) is 2.53. The molecule has 1 aliphatic rings. The highest BCUT2D eigenvalue weighted by atomic mass is 32.1. The molecule has 0 bridgehead atoms. The van der Waals surface area contributed by atoms with Crippen LogP contribution in [0.4, 0.5) is 9.52 Å². The lowest BCUT2D eigenvalue weighted by Gasteiger charge is -2.13. The van der Waals surface area contributed by atoms with E-state index in [9.17, 15) is 9.18 Å². The molecule has 2 aromatic carbocycles. The molecule has 0 spiro atoms. The Morgan fingerprint density at radius 1 is 1.09 bits per heavy atom. The molecular formula is C18H13FN2OS. The van der Waals surface area contributed by atoms with Crippen molar-refractivity contribution in [1.29, 1.82) is 0 Å². The molecule has 0 saturated heterocycles. The summed E-state index contributed by atoms with van der Waals surface area (Å²) in [5.74, 6) is -1.00. The van der Waals surface area contributed by atoms with Gasteiger partial charge in [0.1, 0.15) is 5.82 Å². The van der Waals surface area contributed by atoms with Crippen molar-refractivity contribution in [2.24, 2.45) is 0 Å². The van der Waals surface area contributed by atoms with Gasteiger partial charge in [0.25, 0.3) is 5.91 Å².